The van der Waals surface area contributed by atoms with Crippen LogP contribution in [0.1, 0.15) is 17.0 Å². The van der Waals surface area contributed by atoms with E-state index in [9.17, 15) is 5.11 Å². The molecule has 1 saturated heterocycles. The van der Waals surface area contributed by atoms with Gasteiger partial charge in [0.25, 0.3) is 0 Å². The van der Waals surface area contributed by atoms with Crippen LogP contribution in [-0.2, 0) is 16.8 Å². The van der Waals surface area contributed by atoms with Crippen LogP contribution in [0.5, 0.6) is 17.2 Å². The van der Waals surface area contributed by atoms with Crippen molar-refractivity contribution in [1.29, 1.82) is 0 Å². The van der Waals surface area contributed by atoms with Crippen LogP contribution in [-0.4, -0.2) is 63.7 Å². The fraction of sp³-hybridized carbons (Fsp3) is 0.429. The first-order chi connectivity index (χ1) is 14.7. The Kier molecular flexibility index (Phi) is 8.66. The first-order valence-corrected chi connectivity index (χ1v) is 10.9. The van der Waals surface area contributed by atoms with Gasteiger partial charge >= 0.3 is 10.4 Å². The zero-order valence-corrected chi connectivity index (χ0v) is 18.6. The Bertz CT molecular complexity index is 940. The van der Waals surface area contributed by atoms with E-state index in [1.54, 1.807) is 21.3 Å². The highest BCUT2D eigenvalue weighted by Gasteiger charge is 2.43. The Morgan fingerprint density at radius 3 is 2.13 bits per heavy atom. The lowest BCUT2D eigenvalue weighted by atomic mass is 9.71. The predicted molar refractivity (Wildman–Crippen MR) is 116 cm³/mol. The van der Waals surface area contributed by atoms with E-state index >= 15 is 0 Å². The number of hydrogen-bond donors (Lipinski definition) is 4. The lowest BCUT2D eigenvalue weighted by Crippen LogP contribution is -2.35. The Balaban J connectivity index is 0.000000614. The van der Waals surface area contributed by atoms with Crippen LogP contribution in [0.4, 0.5) is 0 Å². The van der Waals surface area contributed by atoms with Gasteiger partial charge in [0.2, 0.25) is 0 Å². The van der Waals surface area contributed by atoms with Gasteiger partial charge in [-0.2, -0.15) is 8.42 Å². The fourth-order valence-electron chi connectivity index (χ4n) is 3.92. The molecule has 1 aliphatic heterocycles. The van der Waals surface area contributed by atoms with Crippen LogP contribution in [0, 0.1) is 5.41 Å². The van der Waals surface area contributed by atoms with Crippen LogP contribution in [0.2, 0.25) is 0 Å². The molecule has 3 rings (SSSR count). The summed E-state index contributed by atoms with van der Waals surface area (Å²) in [7, 11) is 0.273. The third-order valence-electron chi connectivity index (χ3n) is 5.40. The van der Waals surface area contributed by atoms with Crippen molar-refractivity contribution in [3.05, 3.63) is 53.6 Å². The smallest absolute Gasteiger partial charge is 0.394 e. The van der Waals surface area contributed by atoms with Crippen molar-refractivity contribution in [3.63, 3.8) is 0 Å². The molecule has 1 heterocycles. The quantitative estimate of drug-likeness (QED) is 0.462. The average molecular weight is 456 g/mol. The van der Waals surface area contributed by atoms with Gasteiger partial charge in [0.1, 0.15) is 5.75 Å². The van der Waals surface area contributed by atoms with Crippen LogP contribution >= 0.6 is 0 Å². The summed E-state index contributed by atoms with van der Waals surface area (Å²) >= 11 is 0. The van der Waals surface area contributed by atoms with Gasteiger partial charge in [0, 0.05) is 24.4 Å². The van der Waals surface area contributed by atoms with E-state index in [-0.39, 0.29) is 17.9 Å². The highest BCUT2D eigenvalue weighted by atomic mass is 32.3. The standard InChI is InChI=1S/C21H27NO4.H2O4S/c1-24-17-7-5-16(6-8-17)18-12-22-13-21(18,14-23)11-15-4-9-19(25-2)20(10-15)26-3;1-5(2,3)4/h4-10,18,22-23H,11-14H2,1-3H3;(H2,1,2,3,4). The number of hydrogen-bond acceptors (Lipinski definition) is 7. The fourth-order valence-corrected chi connectivity index (χ4v) is 3.92. The van der Waals surface area contributed by atoms with Gasteiger partial charge in [-0.3, -0.25) is 9.11 Å². The maximum atomic E-state index is 10.3. The second-order valence-electron chi connectivity index (χ2n) is 7.29. The summed E-state index contributed by atoms with van der Waals surface area (Å²) in [6.07, 6.45) is 0.757. The molecule has 9 nitrogen and oxygen atoms in total. The van der Waals surface area contributed by atoms with Crippen molar-refractivity contribution >= 4 is 10.4 Å². The van der Waals surface area contributed by atoms with Gasteiger partial charge in [-0.1, -0.05) is 18.2 Å². The van der Waals surface area contributed by atoms with Gasteiger partial charge in [-0.15, -0.1) is 0 Å². The molecule has 0 spiro atoms. The lowest BCUT2D eigenvalue weighted by Gasteiger charge is -2.33. The maximum Gasteiger partial charge on any atom is 0.394 e. The summed E-state index contributed by atoms with van der Waals surface area (Å²) in [6, 6.07) is 14.1. The molecule has 0 aromatic heterocycles. The number of methoxy groups -OCH3 is 3. The van der Waals surface area contributed by atoms with Crippen molar-refractivity contribution in [1.82, 2.24) is 5.32 Å². The van der Waals surface area contributed by atoms with E-state index in [0.717, 1.165) is 30.8 Å². The molecule has 0 radical (unpaired) electrons. The molecule has 172 valence electrons. The molecule has 4 N–H and O–H groups in total. The largest absolute Gasteiger partial charge is 0.497 e. The third-order valence-corrected chi connectivity index (χ3v) is 5.40. The van der Waals surface area contributed by atoms with Crippen LogP contribution < -0.4 is 19.5 Å². The summed E-state index contributed by atoms with van der Waals surface area (Å²) in [4.78, 5) is 0. The SMILES string of the molecule is COc1ccc(C2CNCC2(CO)Cc2ccc(OC)c(OC)c2)cc1.O=S(=O)(O)O. The summed E-state index contributed by atoms with van der Waals surface area (Å²) in [6.45, 7) is 1.74. The molecule has 2 atom stereocenters. The molecule has 0 saturated carbocycles. The second-order valence-corrected chi connectivity index (χ2v) is 8.19. The van der Waals surface area contributed by atoms with Crippen molar-refractivity contribution in [2.75, 3.05) is 41.0 Å². The van der Waals surface area contributed by atoms with E-state index in [0.29, 0.717) is 11.5 Å². The van der Waals surface area contributed by atoms with Crippen LogP contribution in [0.3, 0.4) is 0 Å². The Morgan fingerprint density at radius 2 is 1.61 bits per heavy atom. The molecule has 1 fully saturated rings. The highest BCUT2D eigenvalue weighted by Crippen LogP contribution is 2.43. The molecule has 0 amide bonds. The summed E-state index contributed by atoms with van der Waals surface area (Å²) in [5.41, 5.74) is 2.08. The van der Waals surface area contributed by atoms with E-state index in [4.69, 9.17) is 31.7 Å². The van der Waals surface area contributed by atoms with E-state index in [1.807, 2.05) is 30.3 Å². The number of rotatable bonds is 7. The number of benzene rings is 2. The molecular weight excluding hydrogens is 426 g/mol. The van der Waals surface area contributed by atoms with Crippen LogP contribution in [0.25, 0.3) is 0 Å². The van der Waals surface area contributed by atoms with Gasteiger partial charge in [-0.25, -0.2) is 0 Å². The second kappa shape index (κ2) is 10.8. The number of nitrogens with one attached hydrogen (secondary N) is 1. The maximum absolute atomic E-state index is 10.3. The van der Waals surface area contributed by atoms with Gasteiger partial charge in [0.15, 0.2) is 11.5 Å². The number of aliphatic hydroxyl groups excluding tert-OH is 1. The van der Waals surface area contributed by atoms with Gasteiger partial charge < -0.3 is 24.6 Å². The monoisotopic (exact) mass is 455 g/mol. The highest BCUT2D eigenvalue weighted by molar-refractivity contribution is 7.79. The minimum Gasteiger partial charge on any atom is -0.497 e. The predicted octanol–water partition coefficient (Wildman–Crippen LogP) is 1.97. The molecule has 31 heavy (non-hydrogen) atoms. The lowest BCUT2D eigenvalue weighted by molar-refractivity contribution is 0.126. The number of ether oxygens (including phenoxy) is 3. The molecule has 2 unspecified atom stereocenters. The Morgan fingerprint density at radius 1 is 1.00 bits per heavy atom. The molecule has 10 heteroatoms. The number of aliphatic hydroxyl groups is 1. The van der Waals surface area contributed by atoms with Gasteiger partial charge in [-0.05, 0) is 41.8 Å². The normalized spacial score (nSPS) is 20.5. The summed E-state index contributed by atoms with van der Waals surface area (Å²) in [5, 5.41) is 13.8. The first-order valence-electron chi connectivity index (χ1n) is 9.52. The zero-order chi connectivity index (χ0) is 23.1. The molecule has 0 aliphatic carbocycles. The minimum atomic E-state index is -4.67. The molecule has 2 aromatic carbocycles. The Labute approximate surface area is 182 Å². The van der Waals surface area contributed by atoms with Crippen molar-refractivity contribution in [2.24, 2.45) is 5.41 Å². The topological polar surface area (TPSA) is 135 Å². The summed E-state index contributed by atoms with van der Waals surface area (Å²) in [5.74, 6) is 2.50. The molecule has 2 aromatic rings. The third kappa shape index (κ3) is 6.81. The van der Waals surface area contributed by atoms with Gasteiger partial charge in [0.05, 0.1) is 27.9 Å². The van der Waals surface area contributed by atoms with Crippen molar-refractivity contribution in [3.8, 4) is 17.2 Å². The zero-order valence-electron chi connectivity index (χ0n) is 17.7. The Hall–Kier alpha value is -2.37. The average Bonchev–Trinajstić information content (AvgIpc) is 3.16. The molecular formula is C21H29NO8S. The van der Waals surface area contributed by atoms with E-state index in [2.05, 4.69) is 17.4 Å². The minimum absolute atomic E-state index is 0.116. The van der Waals surface area contributed by atoms with Crippen LogP contribution in [0.15, 0.2) is 42.5 Å². The summed E-state index contributed by atoms with van der Waals surface area (Å²) < 4.78 is 47.6. The van der Waals surface area contributed by atoms with E-state index < -0.39 is 10.4 Å². The molecule has 0 bridgehead atoms. The van der Waals surface area contributed by atoms with Crippen molar-refractivity contribution in [2.45, 2.75) is 12.3 Å². The molecule has 1 aliphatic rings. The van der Waals surface area contributed by atoms with Crippen molar-refractivity contribution < 1.29 is 36.8 Å². The first kappa shape index (κ1) is 24.9. The van der Waals surface area contributed by atoms with E-state index in [1.165, 1.54) is 5.56 Å².